The van der Waals surface area contributed by atoms with Crippen molar-refractivity contribution in [3.63, 3.8) is 0 Å². The van der Waals surface area contributed by atoms with Gasteiger partial charge in [0.1, 0.15) is 0 Å². The van der Waals surface area contributed by atoms with Crippen LogP contribution in [0.4, 0.5) is 11.4 Å². The normalized spacial score (nSPS) is 17.3. The largest absolute Gasteiger partial charge is 0.350 e. The minimum Gasteiger partial charge on any atom is -0.350 e. The maximum absolute atomic E-state index is 12.4. The fraction of sp³-hybridized carbons (Fsp3) is 0.364. The van der Waals surface area contributed by atoms with Crippen molar-refractivity contribution in [2.24, 2.45) is 4.99 Å². The average Bonchev–Trinajstić information content (AvgIpc) is 3.02. The van der Waals surface area contributed by atoms with Crippen LogP contribution in [-0.4, -0.2) is 34.8 Å². The number of carbonyl (C=O) groups excluding carboxylic acids is 1. The lowest BCUT2D eigenvalue weighted by Crippen LogP contribution is -2.33. The number of thioether (sulfide) groups is 1. The van der Waals surface area contributed by atoms with Crippen LogP contribution in [0.15, 0.2) is 53.5 Å². The molecule has 1 saturated heterocycles. The van der Waals surface area contributed by atoms with E-state index in [-0.39, 0.29) is 24.4 Å². The zero-order chi connectivity index (χ0) is 19.9. The third-order valence-corrected chi connectivity index (χ3v) is 6.22. The number of amidine groups is 1. The lowest BCUT2D eigenvalue weighted by molar-refractivity contribution is -0.116. The Morgan fingerprint density at radius 3 is 2.55 bits per heavy atom. The van der Waals surface area contributed by atoms with Gasteiger partial charge in [0.05, 0.1) is 5.69 Å². The lowest BCUT2D eigenvalue weighted by atomic mass is 10.1. The van der Waals surface area contributed by atoms with Gasteiger partial charge in [-0.1, -0.05) is 48.8 Å². The number of anilines is 1. The van der Waals surface area contributed by atoms with Gasteiger partial charge in [-0.2, -0.15) is 0 Å². The Balaban J connectivity index is 0.00000300. The van der Waals surface area contributed by atoms with Crippen LogP contribution in [-0.2, 0) is 11.2 Å². The molecule has 1 heterocycles. The summed E-state index contributed by atoms with van der Waals surface area (Å²) in [6, 6.07) is 15.8. The van der Waals surface area contributed by atoms with Crippen LogP contribution >= 0.6 is 35.8 Å². The van der Waals surface area contributed by atoms with Gasteiger partial charge < -0.3 is 10.2 Å². The topological polar surface area (TPSA) is 44.7 Å². The molecular formula is C22H27Cl2N3OS. The summed E-state index contributed by atoms with van der Waals surface area (Å²) < 4.78 is 0. The first kappa shape index (κ1) is 23.6. The van der Waals surface area contributed by atoms with Gasteiger partial charge in [0.2, 0.25) is 5.91 Å². The number of aliphatic imine (C=N–C) groups is 1. The summed E-state index contributed by atoms with van der Waals surface area (Å²) in [6.07, 6.45) is 3.97. The Morgan fingerprint density at radius 1 is 1.21 bits per heavy atom. The molecule has 0 radical (unpaired) electrons. The SMILES string of the molecule is CCCCc1ccc(N=C2SCC(CC(=O)Nc3ccc(Cl)cc3)N2C)cc1.Cl. The fourth-order valence-corrected chi connectivity index (χ4v) is 4.37. The molecule has 0 aliphatic carbocycles. The second-order valence-corrected chi connectivity index (χ2v) is 8.42. The molecule has 2 aromatic carbocycles. The highest BCUT2D eigenvalue weighted by molar-refractivity contribution is 8.14. The zero-order valence-corrected chi connectivity index (χ0v) is 19.1. The van der Waals surface area contributed by atoms with Gasteiger partial charge in [-0.3, -0.25) is 4.79 Å². The monoisotopic (exact) mass is 451 g/mol. The van der Waals surface area contributed by atoms with E-state index in [1.807, 2.05) is 19.2 Å². The van der Waals surface area contributed by atoms with Gasteiger partial charge in [0.25, 0.3) is 0 Å². The van der Waals surface area contributed by atoms with Gasteiger partial charge in [-0.15, -0.1) is 12.4 Å². The summed E-state index contributed by atoms with van der Waals surface area (Å²) in [5.41, 5.74) is 3.08. The third kappa shape index (κ3) is 6.95. The van der Waals surface area contributed by atoms with Crippen molar-refractivity contribution in [2.75, 3.05) is 18.1 Å². The second kappa shape index (κ2) is 11.5. The number of rotatable bonds is 7. The minimum atomic E-state index is 0. The van der Waals surface area contributed by atoms with Crippen molar-refractivity contribution in [3.8, 4) is 0 Å². The van der Waals surface area contributed by atoms with Crippen LogP contribution in [0, 0.1) is 0 Å². The first-order valence-corrected chi connectivity index (χ1v) is 11.0. The van der Waals surface area contributed by atoms with Gasteiger partial charge in [0.15, 0.2) is 5.17 Å². The molecule has 0 bridgehead atoms. The van der Waals surface area contributed by atoms with E-state index >= 15 is 0 Å². The lowest BCUT2D eigenvalue weighted by Gasteiger charge is -2.20. The number of aryl methyl sites for hydroxylation is 1. The molecule has 4 nitrogen and oxygen atoms in total. The molecule has 156 valence electrons. The molecule has 0 spiro atoms. The average molecular weight is 452 g/mol. The fourth-order valence-electron chi connectivity index (χ4n) is 3.04. The highest BCUT2D eigenvalue weighted by atomic mass is 35.5. The molecule has 1 amide bonds. The Labute approximate surface area is 188 Å². The molecular weight excluding hydrogens is 425 g/mol. The Bertz CT molecular complexity index is 825. The van der Waals surface area contributed by atoms with Gasteiger partial charge >= 0.3 is 0 Å². The van der Waals surface area contributed by atoms with Crippen molar-refractivity contribution in [2.45, 2.75) is 38.6 Å². The molecule has 2 aromatic rings. The summed E-state index contributed by atoms with van der Waals surface area (Å²) in [5.74, 6) is 0.860. The van der Waals surface area contributed by atoms with Crippen LogP contribution < -0.4 is 5.32 Å². The summed E-state index contributed by atoms with van der Waals surface area (Å²) in [5, 5.41) is 4.55. The van der Waals surface area contributed by atoms with E-state index in [0.717, 1.165) is 28.7 Å². The van der Waals surface area contributed by atoms with E-state index in [9.17, 15) is 4.79 Å². The highest BCUT2D eigenvalue weighted by Crippen LogP contribution is 2.28. The number of carbonyl (C=O) groups is 1. The summed E-state index contributed by atoms with van der Waals surface area (Å²) in [4.78, 5) is 19.2. The number of hydrogen-bond acceptors (Lipinski definition) is 3. The molecule has 1 aliphatic rings. The van der Waals surface area contributed by atoms with Gasteiger partial charge in [-0.25, -0.2) is 4.99 Å². The minimum absolute atomic E-state index is 0. The first-order chi connectivity index (χ1) is 13.5. The predicted octanol–water partition coefficient (Wildman–Crippen LogP) is 6.17. The molecule has 1 atom stereocenters. The molecule has 0 saturated carbocycles. The quantitative estimate of drug-likeness (QED) is 0.547. The van der Waals surface area contributed by atoms with Crippen LogP contribution in [0.3, 0.4) is 0 Å². The smallest absolute Gasteiger partial charge is 0.226 e. The Hall–Kier alpha value is -1.69. The van der Waals surface area contributed by atoms with E-state index in [4.69, 9.17) is 16.6 Å². The molecule has 0 aromatic heterocycles. The zero-order valence-electron chi connectivity index (χ0n) is 16.7. The predicted molar refractivity (Wildman–Crippen MR) is 128 cm³/mol. The van der Waals surface area contributed by atoms with E-state index in [1.54, 1.807) is 23.9 Å². The third-order valence-electron chi connectivity index (χ3n) is 4.78. The van der Waals surface area contributed by atoms with E-state index in [1.165, 1.54) is 18.4 Å². The number of nitrogens with one attached hydrogen (secondary N) is 1. The number of benzene rings is 2. The van der Waals surface area contributed by atoms with E-state index in [0.29, 0.717) is 11.4 Å². The maximum atomic E-state index is 12.4. The summed E-state index contributed by atoms with van der Waals surface area (Å²) in [6.45, 7) is 2.21. The number of hydrogen-bond donors (Lipinski definition) is 1. The molecule has 29 heavy (non-hydrogen) atoms. The van der Waals surface area contributed by atoms with E-state index < -0.39 is 0 Å². The molecule has 1 unspecified atom stereocenters. The van der Waals surface area contributed by atoms with Crippen LogP contribution in [0.1, 0.15) is 31.7 Å². The second-order valence-electron chi connectivity index (χ2n) is 7.00. The molecule has 1 N–H and O–H groups in total. The number of nitrogens with zero attached hydrogens (tertiary/aromatic N) is 2. The van der Waals surface area contributed by atoms with Crippen molar-refractivity contribution < 1.29 is 4.79 Å². The Morgan fingerprint density at radius 2 is 1.90 bits per heavy atom. The van der Waals surface area contributed by atoms with Crippen molar-refractivity contribution in [1.82, 2.24) is 4.90 Å². The first-order valence-electron chi connectivity index (χ1n) is 9.64. The molecule has 1 fully saturated rings. The Kier molecular flexibility index (Phi) is 9.34. The molecule has 1 aliphatic heterocycles. The highest BCUT2D eigenvalue weighted by Gasteiger charge is 2.29. The van der Waals surface area contributed by atoms with Crippen LogP contribution in [0.2, 0.25) is 5.02 Å². The van der Waals surface area contributed by atoms with Crippen molar-refractivity contribution in [3.05, 3.63) is 59.1 Å². The van der Waals surface area contributed by atoms with Gasteiger partial charge in [0, 0.05) is 36.0 Å². The maximum Gasteiger partial charge on any atom is 0.226 e. The van der Waals surface area contributed by atoms with Crippen LogP contribution in [0.5, 0.6) is 0 Å². The van der Waals surface area contributed by atoms with Crippen molar-refractivity contribution in [1.29, 1.82) is 0 Å². The standard InChI is InChI=1S/C22H26ClN3OS.ClH/c1-3-4-5-16-6-10-19(11-7-16)25-22-26(2)20(15-28-22)14-21(27)24-18-12-8-17(23)9-13-18;/h6-13,20H,3-5,14-15H2,1-2H3,(H,24,27);1H. The number of amides is 1. The number of halogens is 2. The van der Waals surface area contributed by atoms with Crippen LogP contribution in [0.25, 0.3) is 0 Å². The molecule has 7 heteroatoms. The number of unbranched alkanes of at least 4 members (excludes halogenated alkanes) is 1. The summed E-state index contributed by atoms with van der Waals surface area (Å²) >= 11 is 7.58. The molecule has 3 rings (SSSR count). The van der Waals surface area contributed by atoms with Crippen molar-refractivity contribution >= 4 is 58.2 Å². The van der Waals surface area contributed by atoms with E-state index in [2.05, 4.69) is 41.4 Å². The van der Waals surface area contributed by atoms with Gasteiger partial charge in [-0.05, 0) is 54.8 Å². The summed E-state index contributed by atoms with van der Waals surface area (Å²) in [7, 11) is 2.01.